The van der Waals surface area contributed by atoms with Crippen LogP contribution in [0.4, 0.5) is 0 Å². The fourth-order valence-electron chi connectivity index (χ4n) is 6.04. The highest BCUT2D eigenvalue weighted by atomic mass is 16.5. The molecule has 54 heavy (non-hydrogen) atoms. The summed E-state index contributed by atoms with van der Waals surface area (Å²) in [4.78, 5) is 47.5. The summed E-state index contributed by atoms with van der Waals surface area (Å²) in [6.45, 7) is 3.35. The van der Waals surface area contributed by atoms with Crippen LogP contribution in [-0.4, -0.2) is 59.3 Å². The zero-order chi connectivity index (χ0) is 39.7. The highest BCUT2D eigenvalue weighted by Gasteiger charge is 2.18. The van der Waals surface area contributed by atoms with Crippen molar-refractivity contribution in [2.75, 3.05) is 13.2 Å². The zero-order valence-corrected chi connectivity index (χ0v) is 34.2. The van der Waals surface area contributed by atoms with E-state index >= 15 is 0 Å². The number of aliphatic carboxylic acids is 1. The minimum absolute atomic E-state index is 0.119. The van der Waals surface area contributed by atoms with E-state index < -0.39 is 24.5 Å². The van der Waals surface area contributed by atoms with Crippen molar-refractivity contribution >= 4 is 23.8 Å². The Labute approximate surface area is 328 Å². The summed E-state index contributed by atoms with van der Waals surface area (Å²) in [5, 5.41) is 22.5. The minimum Gasteiger partial charge on any atom is -0.480 e. The molecule has 0 radical (unpaired) electrons. The number of carboxylic acids is 1. The summed E-state index contributed by atoms with van der Waals surface area (Å²) in [7, 11) is 0. The first kappa shape index (κ1) is 50.8. The maximum Gasteiger partial charge on any atom is 0.328 e. The third-order valence-electron chi connectivity index (χ3n) is 9.32. The van der Waals surface area contributed by atoms with Crippen LogP contribution in [0.1, 0.15) is 187 Å². The molecular formula is C45H78N2O7. The number of aliphatic hydroxyl groups excluding tert-OH is 1. The lowest BCUT2D eigenvalue weighted by Gasteiger charge is -2.15. The van der Waals surface area contributed by atoms with Gasteiger partial charge < -0.3 is 25.6 Å². The average Bonchev–Trinajstić information content (AvgIpc) is 3.15. The molecule has 2 atom stereocenters. The van der Waals surface area contributed by atoms with Crippen molar-refractivity contribution in [2.24, 2.45) is 0 Å². The average molecular weight is 759 g/mol. The van der Waals surface area contributed by atoms with Gasteiger partial charge in [-0.25, -0.2) is 4.79 Å². The Balaban J connectivity index is 4.39. The number of hydrogen-bond acceptors (Lipinski definition) is 6. The van der Waals surface area contributed by atoms with E-state index in [9.17, 15) is 19.2 Å². The van der Waals surface area contributed by atoms with Gasteiger partial charge in [0.2, 0.25) is 11.8 Å². The SMILES string of the molecule is CC/C=C\C/C=C\C/C=C\C/C=C\C(CCCCCCCC(=O)NCC(=O)NC(CO)C(=O)O)OC(=O)CCCCCCCCCCCCCCCCC. The molecule has 0 saturated heterocycles. The number of amides is 2. The Morgan fingerprint density at radius 1 is 0.574 bits per heavy atom. The van der Waals surface area contributed by atoms with E-state index in [1.807, 2.05) is 6.08 Å². The van der Waals surface area contributed by atoms with Gasteiger partial charge in [-0.05, 0) is 57.4 Å². The van der Waals surface area contributed by atoms with E-state index in [0.717, 1.165) is 70.6 Å². The van der Waals surface area contributed by atoms with Gasteiger partial charge in [0.05, 0.1) is 13.2 Å². The smallest absolute Gasteiger partial charge is 0.328 e. The maximum absolute atomic E-state index is 12.7. The lowest BCUT2D eigenvalue weighted by molar-refractivity contribution is -0.147. The van der Waals surface area contributed by atoms with Crippen LogP contribution in [0.2, 0.25) is 0 Å². The molecule has 0 aliphatic carbocycles. The lowest BCUT2D eigenvalue weighted by atomic mass is 10.0. The van der Waals surface area contributed by atoms with E-state index in [1.165, 1.54) is 83.5 Å². The van der Waals surface area contributed by atoms with Crippen LogP contribution in [0, 0.1) is 0 Å². The van der Waals surface area contributed by atoms with Gasteiger partial charge in [0.1, 0.15) is 12.1 Å². The summed E-state index contributed by atoms with van der Waals surface area (Å²) in [5.74, 6) is -2.40. The monoisotopic (exact) mass is 759 g/mol. The second-order valence-electron chi connectivity index (χ2n) is 14.4. The molecule has 0 fully saturated rings. The number of hydrogen-bond donors (Lipinski definition) is 4. The van der Waals surface area contributed by atoms with Crippen molar-refractivity contribution in [3.63, 3.8) is 0 Å². The van der Waals surface area contributed by atoms with E-state index in [2.05, 4.69) is 67.0 Å². The van der Waals surface area contributed by atoms with Crippen LogP contribution in [0.5, 0.6) is 0 Å². The molecule has 2 amide bonds. The summed E-state index contributed by atoms with van der Waals surface area (Å²) < 4.78 is 5.91. The molecule has 0 spiro atoms. The molecule has 0 rings (SSSR count). The number of carbonyl (C=O) groups is 4. The third kappa shape index (κ3) is 35.8. The Kier molecular flexibility index (Phi) is 37.2. The summed E-state index contributed by atoms with van der Waals surface area (Å²) >= 11 is 0. The summed E-state index contributed by atoms with van der Waals surface area (Å²) in [5.41, 5.74) is 0. The first-order valence-corrected chi connectivity index (χ1v) is 21.5. The molecule has 9 nitrogen and oxygen atoms in total. The normalized spacial score (nSPS) is 12.9. The maximum atomic E-state index is 12.7. The molecule has 0 saturated carbocycles. The Bertz CT molecular complexity index is 1050. The van der Waals surface area contributed by atoms with Gasteiger partial charge in [0, 0.05) is 12.8 Å². The fourth-order valence-corrected chi connectivity index (χ4v) is 6.04. The number of rotatable bonds is 38. The Hall–Kier alpha value is -3.20. The molecule has 0 heterocycles. The van der Waals surface area contributed by atoms with E-state index in [4.69, 9.17) is 14.9 Å². The van der Waals surface area contributed by atoms with Gasteiger partial charge in [0.15, 0.2) is 0 Å². The lowest BCUT2D eigenvalue weighted by Crippen LogP contribution is -2.47. The van der Waals surface area contributed by atoms with Crippen LogP contribution in [0.15, 0.2) is 48.6 Å². The number of esters is 1. The molecule has 0 aromatic carbocycles. The fraction of sp³-hybridized carbons (Fsp3) is 0.733. The van der Waals surface area contributed by atoms with Gasteiger partial charge in [-0.2, -0.15) is 0 Å². The largest absolute Gasteiger partial charge is 0.480 e. The predicted octanol–water partition coefficient (Wildman–Crippen LogP) is 10.4. The van der Waals surface area contributed by atoms with Gasteiger partial charge in [-0.1, -0.05) is 166 Å². The molecule has 2 unspecified atom stereocenters. The van der Waals surface area contributed by atoms with Gasteiger partial charge in [0.25, 0.3) is 0 Å². The van der Waals surface area contributed by atoms with Crippen molar-refractivity contribution in [1.82, 2.24) is 10.6 Å². The van der Waals surface area contributed by atoms with E-state index in [-0.39, 0.29) is 30.9 Å². The first-order valence-electron chi connectivity index (χ1n) is 21.5. The van der Waals surface area contributed by atoms with Crippen LogP contribution in [-0.2, 0) is 23.9 Å². The molecule has 0 aromatic heterocycles. The minimum atomic E-state index is -1.39. The second kappa shape index (κ2) is 39.5. The summed E-state index contributed by atoms with van der Waals surface area (Å²) in [6, 6.07) is -1.39. The van der Waals surface area contributed by atoms with Crippen LogP contribution in [0.25, 0.3) is 0 Å². The van der Waals surface area contributed by atoms with Crippen LogP contribution >= 0.6 is 0 Å². The molecule has 4 N–H and O–H groups in total. The number of nitrogens with one attached hydrogen (secondary N) is 2. The number of unbranched alkanes of at least 4 members (excludes halogenated alkanes) is 18. The highest BCUT2D eigenvalue weighted by molar-refractivity contribution is 5.87. The molecule has 0 aliphatic heterocycles. The molecule has 0 aliphatic rings. The van der Waals surface area contributed by atoms with E-state index in [1.54, 1.807) is 0 Å². The third-order valence-corrected chi connectivity index (χ3v) is 9.32. The molecular weight excluding hydrogens is 681 g/mol. The summed E-state index contributed by atoms with van der Waals surface area (Å²) in [6.07, 6.45) is 45.9. The van der Waals surface area contributed by atoms with Crippen molar-refractivity contribution in [3.05, 3.63) is 48.6 Å². The molecule has 0 aromatic rings. The van der Waals surface area contributed by atoms with Crippen molar-refractivity contribution in [3.8, 4) is 0 Å². The topological polar surface area (TPSA) is 142 Å². The van der Waals surface area contributed by atoms with E-state index in [0.29, 0.717) is 12.8 Å². The Morgan fingerprint density at radius 3 is 1.54 bits per heavy atom. The number of ether oxygens (including phenoxy) is 1. The van der Waals surface area contributed by atoms with Crippen molar-refractivity contribution in [2.45, 2.75) is 199 Å². The molecule has 9 heteroatoms. The van der Waals surface area contributed by atoms with Gasteiger partial charge in [-0.3, -0.25) is 14.4 Å². The number of allylic oxidation sites excluding steroid dienone is 7. The Morgan fingerprint density at radius 2 is 1.04 bits per heavy atom. The van der Waals surface area contributed by atoms with Gasteiger partial charge >= 0.3 is 11.9 Å². The zero-order valence-electron chi connectivity index (χ0n) is 34.2. The first-order chi connectivity index (χ1) is 26.3. The highest BCUT2D eigenvalue weighted by Crippen LogP contribution is 2.16. The molecule has 310 valence electrons. The van der Waals surface area contributed by atoms with Crippen LogP contribution in [0.3, 0.4) is 0 Å². The number of aliphatic hydroxyl groups is 1. The number of carbonyl (C=O) groups excluding carboxylic acids is 3. The standard InChI is InChI=1S/C45H78N2O7/c1-3-5-7-9-11-13-15-16-17-18-20-22-24-29-33-37-44(51)54-40(34-30-26-23-21-19-14-12-10-8-6-4-2)35-31-27-25-28-32-36-42(49)46-38-43(50)47-41(39-48)45(52)53/h6,8,12,14,21,23,30,34,40-41,48H,3-5,7,9-11,13,15-20,22,24-29,31-33,35-39H2,1-2H3,(H,46,49)(H,47,50)(H,52,53)/b8-6-,14-12-,23-21-,34-30-. The van der Waals surface area contributed by atoms with Crippen LogP contribution < -0.4 is 10.6 Å². The van der Waals surface area contributed by atoms with Crippen molar-refractivity contribution in [1.29, 1.82) is 0 Å². The second-order valence-corrected chi connectivity index (χ2v) is 14.4. The quantitative estimate of drug-likeness (QED) is 0.0279. The molecule has 0 bridgehead atoms. The van der Waals surface area contributed by atoms with Crippen molar-refractivity contribution < 1.29 is 34.1 Å². The predicted molar refractivity (Wildman–Crippen MR) is 222 cm³/mol. The number of carboxylic acid groups (broad SMARTS) is 1. The van der Waals surface area contributed by atoms with Gasteiger partial charge in [-0.15, -0.1) is 0 Å².